The lowest BCUT2D eigenvalue weighted by Crippen LogP contribution is -1.98. The van der Waals surface area contributed by atoms with E-state index in [1.807, 2.05) is 6.92 Å². The van der Waals surface area contributed by atoms with Gasteiger partial charge >= 0.3 is 0 Å². The minimum Gasteiger partial charge on any atom is -0.489 e. The first-order chi connectivity index (χ1) is 7.24. The van der Waals surface area contributed by atoms with Crippen LogP contribution in [0.1, 0.15) is 22.3 Å². The molecule has 1 heterocycles. The summed E-state index contributed by atoms with van der Waals surface area (Å²) in [6, 6.07) is 1.76. The summed E-state index contributed by atoms with van der Waals surface area (Å²) in [4.78, 5) is 10.8. The molecule has 0 aliphatic carbocycles. The maximum absolute atomic E-state index is 10.8. The molecule has 0 saturated carbocycles. The van der Waals surface area contributed by atoms with Gasteiger partial charge < -0.3 is 9.47 Å². The van der Waals surface area contributed by atoms with E-state index in [9.17, 15) is 4.79 Å². The van der Waals surface area contributed by atoms with E-state index in [0.717, 1.165) is 22.7 Å². The molecule has 4 heteroatoms. The predicted octanol–water partition coefficient (Wildman–Crippen LogP) is 2.73. The maximum atomic E-state index is 10.8. The molecule has 0 fully saturated rings. The molecule has 2 rings (SSSR count). The van der Waals surface area contributed by atoms with Crippen molar-refractivity contribution in [1.29, 1.82) is 0 Å². The molecular weight excluding hydrogens is 260 g/mol. The largest absolute Gasteiger partial charge is 0.489 e. The fourth-order valence-corrected chi connectivity index (χ4v) is 2.10. The summed E-state index contributed by atoms with van der Waals surface area (Å²) in [6.07, 6.45) is 1.69. The monoisotopic (exact) mass is 270 g/mol. The smallest absolute Gasteiger partial charge is 0.175 e. The van der Waals surface area contributed by atoms with Gasteiger partial charge in [0.25, 0.3) is 0 Å². The molecule has 1 aromatic rings. The Hall–Kier alpha value is -1.03. The van der Waals surface area contributed by atoms with Crippen LogP contribution in [0, 0.1) is 6.92 Å². The summed E-state index contributed by atoms with van der Waals surface area (Å²) < 4.78 is 11.9. The van der Waals surface area contributed by atoms with E-state index in [1.165, 1.54) is 0 Å². The van der Waals surface area contributed by atoms with E-state index < -0.39 is 0 Å². The Balaban J connectivity index is 2.60. The number of hydrogen-bond donors (Lipinski definition) is 0. The van der Waals surface area contributed by atoms with Crippen LogP contribution in [0.2, 0.25) is 0 Å². The number of halogens is 1. The quantitative estimate of drug-likeness (QED) is 0.737. The SMILES string of the molecule is Cc1c(C=O)cc(Br)c2c1OCCCO2. The fraction of sp³-hybridized carbons (Fsp3) is 0.364. The molecular formula is C11H11BrO3. The Bertz CT molecular complexity index is 401. The lowest BCUT2D eigenvalue weighted by molar-refractivity contribution is 0.112. The molecule has 0 aromatic heterocycles. The van der Waals surface area contributed by atoms with Crippen LogP contribution in [-0.2, 0) is 0 Å². The van der Waals surface area contributed by atoms with Crippen molar-refractivity contribution in [2.45, 2.75) is 13.3 Å². The maximum Gasteiger partial charge on any atom is 0.175 e. The number of benzene rings is 1. The molecule has 0 N–H and O–H groups in total. The highest BCUT2D eigenvalue weighted by Crippen LogP contribution is 2.40. The predicted molar refractivity (Wildman–Crippen MR) is 59.9 cm³/mol. The standard InChI is InChI=1S/C11H11BrO3/c1-7-8(6-13)5-9(12)11-10(7)14-3-2-4-15-11/h5-6H,2-4H2,1H3. The van der Waals surface area contributed by atoms with Gasteiger partial charge in [0.05, 0.1) is 17.7 Å². The van der Waals surface area contributed by atoms with Crippen molar-refractivity contribution in [2.24, 2.45) is 0 Å². The molecule has 0 bridgehead atoms. The van der Waals surface area contributed by atoms with Gasteiger partial charge in [-0.3, -0.25) is 4.79 Å². The van der Waals surface area contributed by atoms with Crippen molar-refractivity contribution in [3.63, 3.8) is 0 Å². The van der Waals surface area contributed by atoms with Crippen molar-refractivity contribution in [1.82, 2.24) is 0 Å². The van der Waals surface area contributed by atoms with Gasteiger partial charge in [-0.25, -0.2) is 0 Å². The highest BCUT2D eigenvalue weighted by atomic mass is 79.9. The van der Waals surface area contributed by atoms with Gasteiger partial charge in [-0.2, -0.15) is 0 Å². The van der Waals surface area contributed by atoms with Crippen LogP contribution in [-0.4, -0.2) is 19.5 Å². The van der Waals surface area contributed by atoms with Crippen LogP contribution in [0.3, 0.4) is 0 Å². The lowest BCUT2D eigenvalue weighted by Gasteiger charge is -2.13. The summed E-state index contributed by atoms with van der Waals surface area (Å²) in [5.41, 5.74) is 1.47. The Morgan fingerprint density at radius 1 is 1.33 bits per heavy atom. The summed E-state index contributed by atoms with van der Waals surface area (Å²) >= 11 is 3.38. The number of ether oxygens (including phenoxy) is 2. The average molecular weight is 271 g/mol. The normalized spacial score (nSPS) is 14.5. The van der Waals surface area contributed by atoms with E-state index >= 15 is 0 Å². The highest BCUT2D eigenvalue weighted by Gasteiger charge is 2.18. The van der Waals surface area contributed by atoms with Crippen molar-refractivity contribution in [2.75, 3.05) is 13.2 Å². The van der Waals surface area contributed by atoms with Crippen LogP contribution in [0.5, 0.6) is 11.5 Å². The number of fused-ring (bicyclic) bond motifs is 1. The number of hydrogen-bond acceptors (Lipinski definition) is 3. The van der Waals surface area contributed by atoms with Crippen LogP contribution in [0.4, 0.5) is 0 Å². The van der Waals surface area contributed by atoms with Crippen molar-refractivity contribution in [3.8, 4) is 11.5 Å². The van der Waals surface area contributed by atoms with Gasteiger partial charge in [-0.15, -0.1) is 0 Å². The summed E-state index contributed by atoms with van der Waals surface area (Å²) in [5, 5.41) is 0. The van der Waals surface area contributed by atoms with Gasteiger partial charge in [-0.05, 0) is 28.9 Å². The number of rotatable bonds is 1. The molecule has 0 saturated heterocycles. The zero-order chi connectivity index (χ0) is 10.8. The first-order valence-electron chi connectivity index (χ1n) is 4.78. The average Bonchev–Trinajstić information content (AvgIpc) is 2.49. The third kappa shape index (κ3) is 1.86. The van der Waals surface area contributed by atoms with Crippen LogP contribution >= 0.6 is 15.9 Å². The third-order valence-corrected chi connectivity index (χ3v) is 2.98. The van der Waals surface area contributed by atoms with E-state index in [-0.39, 0.29) is 0 Å². The zero-order valence-electron chi connectivity index (χ0n) is 8.38. The summed E-state index contributed by atoms with van der Waals surface area (Å²) in [7, 11) is 0. The van der Waals surface area contributed by atoms with Crippen molar-refractivity contribution in [3.05, 3.63) is 21.7 Å². The van der Waals surface area contributed by atoms with Gasteiger partial charge in [0, 0.05) is 17.5 Å². The van der Waals surface area contributed by atoms with Crippen LogP contribution in [0.25, 0.3) is 0 Å². The minimum absolute atomic E-state index is 0.628. The van der Waals surface area contributed by atoms with Crippen molar-refractivity contribution < 1.29 is 14.3 Å². The summed E-state index contributed by atoms with van der Waals surface area (Å²) in [5.74, 6) is 1.39. The number of carbonyl (C=O) groups is 1. The van der Waals surface area contributed by atoms with Gasteiger partial charge in [0.15, 0.2) is 11.5 Å². The molecule has 0 radical (unpaired) electrons. The van der Waals surface area contributed by atoms with Crippen LogP contribution < -0.4 is 9.47 Å². The Kier molecular flexibility index (Phi) is 2.95. The van der Waals surface area contributed by atoms with E-state index in [1.54, 1.807) is 6.07 Å². The van der Waals surface area contributed by atoms with Gasteiger partial charge in [0.2, 0.25) is 0 Å². The second-order valence-electron chi connectivity index (χ2n) is 3.40. The summed E-state index contributed by atoms with van der Waals surface area (Å²) in [6.45, 7) is 3.14. The molecule has 1 aliphatic rings. The minimum atomic E-state index is 0.628. The molecule has 1 aliphatic heterocycles. The second kappa shape index (κ2) is 4.23. The molecule has 80 valence electrons. The van der Waals surface area contributed by atoms with E-state index in [4.69, 9.17) is 9.47 Å². The number of aldehydes is 1. The highest BCUT2D eigenvalue weighted by molar-refractivity contribution is 9.10. The molecule has 0 unspecified atom stereocenters. The Labute approximate surface area is 96.5 Å². The van der Waals surface area contributed by atoms with Gasteiger partial charge in [-0.1, -0.05) is 0 Å². The molecule has 0 amide bonds. The first-order valence-corrected chi connectivity index (χ1v) is 5.57. The van der Waals surface area contributed by atoms with Crippen LogP contribution in [0.15, 0.2) is 10.5 Å². The fourth-order valence-electron chi connectivity index (χ4n) is 1.56. The third-order valence-electron chi connectivity index (χ3n) is 2.39. The van der Waals surface area contributed by atoms with E-state index in [2.05, 4.69) is 15.9 Å². The molecule has 0 spiro atoms. The lowest BCUT2D eigenvalue weighted by atomic mass is 10.1. The van der Waals surface area contributed by atoms with E-state index in [0.29, 0.717) is 30.3 Å². The zero-order valence-corrected chi connectivity index (χ0v) is 9.96. The molecule has 15 heavy (non-hydrogen) atoms. The first kappa shape index (κ1) is 10.5. The Morgan fingerprint density at radius 2 is 2.00 bits per heavy atom. The molecule has 3 nitrogen and oxygen atoms in total. The Morgan fingerprint density at radius 3 is 2.67 bits per heavy atom. The topological polar surface area (TPSA) is 35.5 Å². The molecule has 1 aromatic carbocycles. The van der Waals surface area contributed by atoms with Crippen molar-refractivity contribution >= 4 is 22.2 Å². The molecule has 0 atom stereocenters. The number of carbonyl (C=O) groups excluding carboxylic acids is 1. The van der Waals surface area contributed by atoms with Gasteiger partial charge in [0.1, 0.15) is 6.29 Å². The second-order valence-corrected chi connectivity index (χ2v) is 4.25.